The van der Waals surface area contributed by atoms with Gasteiger partial charge in [0.1, 0.15) is 5.75 Å². The summed E-state index contributed by atoms with van der Waals surface area (Å²) in [5, 5.41) is 4.08. The van der Waals surface area contributed by atoms with Crippen LogP contribution in [0.3, 0.4) is 0 Å². The maximum Gasteiger partial charge on any atom is 0.189 e. The van der Waals surface area contributed by atoms with Crippen LogP contribution in [0.1, 0.15) is 32.1 Å². The quantitative estimate of drug-likeness (QED) is 0.349. The van der Waals surface area contributed by atoms with Crippen molar-refractivity contribution in [1.82, 2.24) is 0 Å². The highest BCUT2D eigenvalue weighted by Gasteiger charge is 2.48. The van der Waals surface area contributed by atoms with Crippen LogP contribution in [-0.4, -0.2) is 12.9 Å². The van der Waals surface area contributed by atoms with E-state index in [1.807, 2.05) is 0 Å². The van der Waals surface area contributed by atoms with Gasteiger partial charge in [0.15, 0.2) is 6.79 Å². The maximum atomic E-state index is 6.32. The van der Waals surface area contributed by atoms with Crippen molar-refractivity contribution in [3.05, 3.63) is 84.9 Å². The van der Waals surface area contributed by atoms with Crippen LogP contribution in [-0.2, 0) is 4.74 Å². The zero-order valence-corrected chi connectivity index (χ0v) is 19.4. The van der Waals surface area contributed by atoms with Gasteiger partial charge in [-0.25, -0.2) is 0 Å². The summed E-state index contributed by atoms with van der Waals surface area (Å²) in [4.78, 5) is 0. The fourth-order valence-electron chi connectivity index (χ4n) is 6.62. The fourth-order valence-corrected chi connectivity index (χ4v) is 8.90. The normalized spacial score (nSPS) is 28.2. The summed E-state index contributed by atoms with van der Waals surface area (Å²) in [6, 6.07) is 30.3. The Balaban J connectivity index is 1.13. The number of rotatable bonds is 7. The molecule has 3 aromatic rings. The molecule has 0 N–H and O–H groups in total. The van der Waals surface area contributed by atoms with E-state index >= 15 is 0 Å². The first kappa shape index (κ1) is 20.5. The summed E-state index contributed by atoms with van der Waals surface area (Å²) >= 11 is 0. The molecule has 4 saturated carbocycles. The van der Waals surface area contributed by atoms with E-state index in [4.69, 9.17) is 9.47 Å². The lowest BCUT2D eigenvalue weighted by molar-refractivity contribution is -0.155. The predicted molar refractivity (Wildman–Crippen MR) is 133 cm³/mol. The molecule has 4 aliphatic carbocycles. The van der Waals surface area contributed by atoms with Crippen LogP contribution in [0.2, 0.25) is 0 Å². The number of benzene rings is 3. The Labute approximate surface area is 192 Å². The molecule has 0 atom stereocenters. The standard InChI is InChI=1S/C29H31O2P/c1-3-7-26(8-4-1)32(27-9-5-2-6-10-27)28-13-11-25(12-14-28)30-20-31-29-23-16-21-15-22(18-23)19-24(29)17-21/h1-14,21-24,29H,15-20H2. The third-order valence-electron chi connectivity index (χ3n) is 7.75. The molecular formula is C29H31O2P. The third kappa shape index (κ3) is 4.12. The molecule has 7 rings (SSSR count). The first-order valence-electron chi connectivity index (χ1n) is 12.1. The predicted octanol–water partition coefficient (Wildman–Crippen LogP) is 5.62. The van der Waals surface area contributed by atoms with E-state index in [9.17, 15) is 0 Å². The van der Waals surface area contributed by atoms with Gasteiger partial charge in [0.25, 0.3) is 0 Å². The molecule has 4 fully saturated rings. The van der Waals surface area contributed by atoms with Crippen molar-refractivity contribution in [2.45, 2.75) is 38.2 Å². The largest absolute Gasteiger partial charge is 0.468 e. The van der Waals surface area contributed by atoms with Gasteiger partial charge in [-0.05, 0) is 91.7 Å². The van der Waals surface area contributed by atoms with Crippen molar-refractivity contribution in [3.63, 3.8) is 0 Å². The Hall–Kier alpha value is -2.15. The minimum atomic E-state index is -0.575. The van der Waals surface area contributed by atoms with Gasteiger partial charge in [0.2, 0.25) is 0 Å². The lowest BCUT2D eigenvalue weighted by Crippen LogP contribution is -2.49. The van der Waals surface area contributed by atoms with Gasteiger partial charge in [-0.15, -0.1) is 0 Å². The Morgan fingerprint density at radius 2 is 1.09 bits per heavy atom. The van der Waals surface area contributed by atoms with Crippen molar-refractivity contribution >= 4 is 23.8 Å². The number of hydrogen-bond acceptors (Lipinski definition) is 2. The highest BCUT2D eigenvalue weighted by Crippen LogP contribution is 2.54. The zero-order chi connectivity index (χ0) is 21.3. The van der Waals surface area contributed by atoms with Crippen molar-refractivity contribution in [2.24, 2.45) is 23.7 Å². The Kier molecular flexibility index (Phi) is 5.76. The zero-order valence-electron chi connectivity index (χ0n) is 18.5. The molecule has 4 bridgehead atoms. The van der Waals surface area contributed by atoms with E-state index in [0.717, 1.165) is 29.4 Å². The van der Waals surface area contributed by atoms with E-state index in [0.29, 0.717) is 12.9 Å². The summed E-state index contributed by atoms with van der Waals surface area (Å²) < 4.78 is 12.4. The molecule has 0 aliphatic heterocycles. The number of hydrogen-bond donors (Lipinski definition) is 0. The highest BCUT2D eigenvalue weighted by atomic mass is 31.1. The molecule has 32 heavy (non-hydrogen) atoms. The molecule has 3 aromatic carbocycles. The molecule has 0 aromatic heterocycles. The van der Waals surface area contributed by atoms with Gasteiger partial charge in [0, 0.05) is 0 Å². The molecule has 0 spiro atoms. The van der Waals surface area contributed by atoms with E-state index in [1.54, 1.807) is 0 Å². The molecule has 0 saturated heterocycles. The SMILES string of the molecule is c1ccc(P(c2ccccc2)c2ccc(OCOC3C4CC5CC(C4)CC3C5)cc2)cc1. The van der Waals surface area contributed by atoms with Crippen LogP contribution < -0.4 is 20.7 Å². The van der Waals surface area contributed by atoms with Gasteiger partial charge >= 0.3 is 0 Å². The van der Waals surface area contributed by atoms with Crippen molar-refractivity contribution in [1.29, 1.82) is 0 Å². The van der Waals surface area contributed by atoms with Gasteiger partial charge in [-0.2, -0.15) is 0 Å². The van der Waals surface area contributed by atoms with E-state index in [1.165, 1.54) is 48.0 Å². The Morgan fingerprint density at radius 1 is 0.594 bits per heavy atom. The van der Waals surface area contributed by atoms with E-state index in [2.05, 4.69) is 84.9 Å². The molecule has 0 radical (unpaired) electrons. The van der Waals surface area contributed by atoms with Crippen LogP contribution in [0.25, 0.3) is 0 Å². The third-order valence-corrected chi connectivity index (χ3v) is 10.2. The molecule has 0 heterocycles. The fraction of sp³-hybridized carbons (Fsp3) is 0.379. The maximum absolute atomic E-state index is 6.32. The molecule has 164 valence electrons. The van der Waals surface area contributed by atoms with Crippen molar-refractivity contribution in [2.75, 3.05) is 6.79 Å². The van der Waals surface area contributed by atoms with Crippen molar-refractivity contribution in [3.8, 4) is 5.75 Å². The van der Waals surface area contributed by atoms with Crippen LogP contribution in [0.5, 0.6) is 5.75 Å². The highest BCUT2D eigenvalue weighted by molar-refractivity contribution is 7.79. The minimum Gasteiger partial charge on any atom is -0.468 e. The van der Waals surface area contributed by atoms with E-state index in [-0.39, 0.29) is 0 Å². The monoisotopic (exact) mass is 442 g/mol. The second-order valence-corrected chi connectivity index (χ2v) is 12.0. The minimum absolute atomic E-state index is 0.373. The smallest absolute Gasteiger partial charge is 0.189 e. The first-order valence-corrected chi connectivity index (χ1v) is 13.4. The lowest BCUT2D eigenvalue weighted by Gasteiger charge is -2.53. The summed E-state index contributed by atoms with van der Waals surface area (Å²) in [5.41, 5.74) is 0. The van der Waals surface area contributed by atoms with Crippen LogP contribution >= 0.6 is 7.92 Å². The van der Waals surface area contributed by atoms with Gasteiger partial charge < -0.3 is 9.47 Å². The van der Waals surface area contributed by atoms with Gasteiger partial charge in [0.05, 0.1) is 6.10 Å². The van der Waals surface area contributed by atoms with E-state index < -0.39 is 7.92 Å². The second-order valence-electron chi connectivity index (χ2n) is 9.82. The van der Waals surface area contributed by atoms with Gasteiger partial charge in [-0.3, -0.25) is 0 Å². The average Bonchev–Trinajstić information content (AvgIpc) is 2.83. The van der Waals surface area contributed by atoms with Crippen LogP contribution in [0.15, 0.2) is 84.9 Å². The summed E-state index contributed by atoms with van der Waals surface area (Å²) in [7, 11) is -0.575. The molecule has 2 nitrogen and oxygen atoms in total. The topological polar surface area (TPSA) is 18.5 Å². The second kappa shape index (κ2) is 9.00. The summed E-state index contributed by atoms with van der Waals surface area (Å²) in [6.07, 6.45) is 7.44. The Bertz CT molecular complexity index is 951. The van der Waals surface area contributed by atoms with Crippen LogP contribution in [0, 0.1) is 23.7 Å². The average molecular weight is 443 g/mol. The van der Waals surface area contributed by atoms with Crippen molar-refractivity contribution < 1.29 is 9.47 Å². The van der Waals surface area contributed by atoms with Crippen LogP contribution in [0.4, 0.5) is 0 Å². The molecule has 3 heteroatoms. The molecular weight excluding hydrogens is 411 g/mol. The molecule has 4 aliphatic rings. The van der Waals surface area contributed by atoms with Gasteiger partial charge in [-0.1, -0.05) is 72.8 Å². The Morgan fingerprint density at radius 3 is 1.62 bits per heavy atom. The summed E-state index contributed by atoms with van der Waals surface area (Å²) in [5.74, 6) is 4.41. The first-order chi connectivity index (χ1) is 15.8. The summed E-state index contributed by atoms with van der Waals surface area (Å²) in [6.45, 7) is 0.373. The molecule has 0 unspecified atom stereocenters. The number of ether oxygens (including phenoxy) is 2. The molecule has 0 amide bonds. The lowest BCUT2D eigenvalue weighted by atomic mass is 9.55.